The molecule has 2 rings (SSSR count). The third kappa shape index (κ3) is 2.58. The summed E-state index contributed by atoms with van der Waals surface area (Å²) >= 11 is 0. The van der Waals surface area contributed by atoms with Gasteiger partial charge in [-0.2, -0.15) is 0 Å². The van der Waals surface area contributed by atoms with E-state index in [0.29, 0.717) is 0 Å². The molecule has 1 heterocycles. The summed E-state index contributed by atoms with van der Waals surface area (Å²) in [5.41, 5.74) is 1.15. The molecule has 0 aliphatic carbocycles. The molecule has 0 saturated carbocycles. The van der Waals surface area contributed by atoms with Crippen molar-refractivity contribution < 1.29 is 9.53 Å². The molecule has 1 atom stereocenters. The highest BCUT2D eigenvalue weighted by atomic mass is 16.5. The largest absolute Gasteiger partial charge is 0.497 e. The van der Waals surface area contributed by atoms with Crippen LogP contribution < -0.4 is 10.1 Å². The predicted octanol–water partition coefficient (Wildman–Crippen LogP) is 1.19. The summed E-state index contributed by atoms with van der Waals surface area (Å²) in [6.07, 6.45) is 0. The lowest BCUT2D eigenvalue weighted by Gasteiger charge is -2.35. The third-order valence-corrected chi connectivity index (χ3v) is 3.15. The first kappa shape index (κ1) is 11.9. The molecule has 4 nitrogen and oxygen atoms in total. The van der Waals surface area contributed by atoms with E-state index in [1.165, 1.54) is 0 Å². The van der Waals surface area contributed by atoms with Crippen molar-refractivity contribution in [1.82, 2.24) is 10.2 Å². The van der Waals surface area contributed by atoms with Crippen molar-refractivity contribution in [2.75, 3.05) is 26.7 Å². The minimum absolute atomic E-state index is 0.132. The number of piperazine rings is 1. The first-order chi connectivity index (χ1) is 8.22. The van der Waals surface area contributed by atoms with Crippen molar-refractivity contribution in [2.45, 2.75) is 13.0 Å². The standard InChI is InChI=1S/C13H18N2O2/c1-10(16)15-8-7-14-9-13(15)11-3-5-12(17-2)6-4-11/h3-6,13-14H,7-9H2,1-2H3/t13-/m1/s1. The minimum atomic E-state index is 0.132. The zero-order chi connectivity index (χ0) is 12.3. The Hall–Kier alpha value is -1.55. The summed E-state index contributed by atoms with van der Waals surface area (Å²) in [6, 6.07) is 8.04. The van der Waals surface area contributed by atoms with E-state index in [1.807, 2.05) is 29.2 Å². The zero-order valence-corrected chi connectivity index (χ0v) is 10.3. The van der Waals surface area contributed by atoms with Crippen LogP contribution in [0.5, 0.6) is 5.75 Å². The van der Waals surface area contributed by atoms with Gasteiger partial charge >= 0.3 is 0 Å². The van der Waals surface area contributed by atoms with Crippen molar-refractivity contribution >= 4 is 5.91 Å². The second-order valence-electron chi connectivity index (χ2n) is 4.21. The van der Waals surface area contributed by atoms with Gasteiger partial charge in [-0.05, 0) is 17.7 Å². The number of benzene rings is 1. The van der Waals surface area contributed by atoms with Gasteiger partial charge in [0.1, 0.15) is 5.75 Å². The van der Waals surface area contributed by atoms with Gasteiger partial charge in [0.05, 0.1) is 13.2 Å². The number of hydrogen-bond donors (Lipinski definition) is 1. The van der Waals surface area contributed by atoms with E-state index in [1.54, 1.807) is 14.0 Å². The van der Waals surface area contributed by atoms with Crippen LogP contribution in [0.25, 0.3) is 0 Å². The molecule has 4 heteroatoms. The molecule has 1 N–H and O–H groups in total. The Labute approximate surface area is 102 Å². The maximum atomic E-state index is 11.6. The van der Waals surface area contributed by atoms with Gasteiger partial charge in [-0.15, -0.1) is 0 Å². The van der Waals surface area contributed by atoms with Gasteiger partial charge < -0.3 is 15.0 Å². The zero-order valence-electron chi connectivity index (χ0n) is 10.3. The Bertz CT molecular complexity index is 389. The Kier molecular flexibility index (Phi) is 3.64. The van der Waals surface area contributed by atoms with Gasteiger partial charge in [0.2, 0.25) is 5.91 Å². The van der Waals surface area contributed by atoms with Gasteiger partial charge in [0.25, 0.3) is 0 Å². The smallest absolute Gasteiger partial charge is 0.220 e. The van der Waals surface area contributed by atoms with E-state index in [9.17, 15) is 4.79 Å². The summed E-state index contributed by atoms with van der Waals surface area (Å²) < 4.78 is 5.13. The van der Waals surface area contributed by atoms with Crippen LogP contribution in [0.3, 0.4) is 0 Å². The number of methoxy groups -OCH3 is 1. The number of ether oxygens (including phenoxy) is 1. The minimum Gasteiger partial charge on any atom is -0.497 e. The molecule has 1 aliphatic rings. The molecule has 0 spiro atoms. The summed E-state index contributed by atoms with van der Waals surface area (Å²) in [5.74, 6) is 0.971. The molecule has 0 bridgehead atoms. The fraction of sp³-hybridized carbons (Fsp3) is 0.462. The van der Waals surface area contributed by atoms with Gasteiger partial charge in [0.15, 0.2) is 0 Å². The van der Waals surface area contributed by atoms with Gasteiger partial charge in [-0.25, -0.2) is 0 Å². The third-order valence-electron chi connectivity index (χ3n) is 3.15. The monoisotopic (exact) mass is 234 g/mol. The number of hydrogen-bond acceptors (Lipinski definition) is 3. The van der Waals surface area contributed by atoms with Crippen LogP contribution in [-0.2, 0) is 4.79 Å². The number of carbonyl (C=O) groups excluding carboxylic acids is 1. The summed E-state index contributed by atoms with van der Waals surface area (Å²) in [4.78, 5) is 13.5. The number of carbonyl (C=O) groups is 1. The van der Waals surface area contributed by atoms with Crippen LogP contribution in [0.15, 0.2) is 24.3 Å². The molecule has 1 amide bonds. The summed E-state index contributed by atoms with van der Waals surface area (Å²) in [7, 11) is 1.65. The number of nitrogens with one attached hydrogen (secondary N) is 1. The highest BCUT2D eigenvalue weighted by molar-refractivity contribution is 5.74. The van der Waals surface area contributed by atoms with E-state index in [0.717, 1.165) is 30.9 Å². The highest BCUT2D eigenvalue weighted by Crippen LogP contribution is 2.24. The molecule has 1 aliphatic heterocycles. The van der Waals surface area contributed by atoms with Crippen molar-refractivity contribution in [3.8, 4) is 5.75 Å². The quantitative estimate of drug-likeness (QED) is 0.835. The van der Waals surface area contributed by atoms with E-state index in [2.05, 4.69) is 5.32 Å². The topological polar surface area (TPSA) is 41.6 Å². The lowest BCUT2D eigenvalue weighted by atomic mass is 10.0. The van der Waals surface area contributed by atoms with Crippen LogP contribution in [0.1, 0.15) is 18.5 Å². The molecule has 92 valence electrons. The maximum absolute atomic E-state index is 11.6. The molecule has 1 aromatic carbocycles. The summed E-state index contributed by atoms with van der Waals surface area (Å²) in [5, 5.41) is 3.32. The predicted molar refractivity (Wildman–Crippen MR) is 66.0 cm³/mol. The average molecular weight is 234 g/mol. The van der Waals surface area contributed by atoms with E-state index < -0.39 is 0 Å². The Morgan fingerprint density at radius 2 is 2.12 bits per heavy atom. The van der Waals surface area contributed by atoms with Crippen LogP contribution in [-0.4, -0.2) is 37.6 Å². The molecule has 1 saturated heterocycles. The van der Waals surface area contributed by atoms with Gasteiger partial charge in [-0.3, -0.25) is 4.79 Å². The highest BCUT2D eigenvalue weighted by Gasteiger charge is 2.25. The maximum Gasteiger partial charge on any atom is 0.220 e. The van der Waals surface area contributed by atoms with Crippen LogP contribution in [0, 0.1) is 0 Å². The fourth-order valence-corrected chi connectivity index (χ4v) is 2.21. The van der Waals surface area contributed by atoms with Crippen molar-refractivity contribution in [3.63, 3.8) is 0 Å². The molecule has 0 unspecified atom stereocenters. The fourth-order valence-electron chi connectivity index (χ4n) is 2.21. The van der Waals surface area contributed by atoms with Crippen molar-refractivity contribution in [2.24, 2.45) is 0 Å². The SMILES string of the molecule is COc1ccc([C@H]2CNCCN2C(C)=O)cc1. The first-order valence-corrected chi connectivity index (χ1v) is 5.84. The molecule has 17 heavy (non-hydrogen) atoms. The Balaban J connectivity index is 2.20. The van der Waals surface area contributed by atoms with Crippen LogP contribution >= 0.6 is 0 Å². The lowest BCUT2D eigenvalue weighted by Crippen LogP contribution is -2.47. The van der Waals surface area contributed by atoms with Crippen molar-refractivity contribution in [3.05, 3.63) is 29.8 Å². The number of rotatable bonds is 2. The first-order valence-electron chi connectivity index (χ1n) is 5.84. The molecule has 0 aromatic heterocycles. The Morgan fingerprint density at radius 3 is 2.71 bits per heavy atom. The lowest BCUT2D eigenvalue weighted by molar-refractivity contribution is -0.132. The van der Waals surface area contributed by atoms with Gasteiger partial charge in [-0.1, -0.05) is 12.1 Å². The molecular formula is C13H18N2O2. The molecule has 1 fully saturated rings. The van der Waals surface area contributed by atoms with Crippen molar-refractivity contribution in [1.29, 1.82) is 0 Å². The number of amides is 1. The summed E-state index contributed by atoms with van der Waals surface area (Å²) in [6.45, 7) is 4.08. The second kappa shape index (κ2) is 5.19. The Morgan fingerprint density at radius 1 is 1.41 bits per heavy atom. The average Bonchev–Trinajstić information content (AvgIpc) is 2.39. The number of nitrogens with zero attached hydrogens (tertiary/aromatic N) is 1. The normalized spacial score (nSPS) is 20.1. The van der Waals surface area contributed by atoms with E-state index in [-0.39, 0.29) is 11.9 Å². The molecule has 0 radical (unpaired) electrons. The molecular weight excluding hydrogens is 216 g/mol. The van der Waals surface area contributed by atoms with E-state index in [4.69, 9.17) is 4.74 Å². The van der Waals surface area contributed by atoms with Crippen LogP contribution in [0.2, 0.25) is 0 Å². The second-order valence-corrected chi connectivity index (χ2v) is 4.21. The molecule has 1 aromatic rings. The van der Waals surface area contributed by atoms with Gasteiger partial charge in [0, 0.05) is 26.6 Å². The van der Waals surface area contributed by atoms with Crippen LogP contribution in [0.4, 0.5) is 0 Å². The van der Waals surface area contributed by atoms with E-state index >= 15 is 0 Å².